The number of hydrogen-bond donors (Lipinski definition) is 2. The summed E-state index contributed by atoms with van der Waals surface area (Å²) in [7, 11) is 0. The van der Waals surface area contributed by atoms with Crippen molar-refractivity contribution >= 4 is 17.9 Å². The first-order valence-electron chi connectivity index (χ1n) is 9.43. The van der Waals surface area contributed by atoms with Crippen molar-refractivity contribution in [2.75, 3.05) is 26.2 Å². The summed E-state index contributed by atoms with van der Waals surface area (Å²) >= 11 is 0. The smallest absolute Gasteiger partial charge is 0.326 e. The molecule has 0 radical (unpaired) electrons. The van der Waals surface area contributed by atoms with Crippen LogP contribution in [0.1, 0.15) is 52.4 Å². The van der Waals surface area contributed by atoms with Crippen LogP contribution in [0.15, 0.2) is 0 Å². The number of carbonyl (C=O) groups excluding carboxylic acids is 2. The second-order valence-electron chi connectivity index (χ2n) is 7.68. The normalized spacial score (nSPS) is 24.3. The SMILES string of the molecule is CC(C)CNC(=O)N1CCCC(CC(=O)N2CCCC[C@@H]2C(=O)O)C1. The molecule has 7 nitrogen and oxygen atoms in total. The van der Waals surface area contributed by atoms with Crippen LogP contribution in [0, 0.1) is 11.8 Å². The highest BCUT2D eigenvalue weighted by atomic mass is 16.4. The van der Waals surface area contributed by atoms with Crippen LogP contribution < -0.4 is 5.32 Å². The summed E-state index contributed by atoms with van der Waals surface area (Å²) in [6.45, 7) is 6.57. The predicted octanol–water partition coefficient (Wildman–Crippen LogP) is 1.92. The molecule has 2 rings (SSSR count). The van der Waals surface area contributed by atoms with Gasteiger partial charge in [0.15, 0.2) is 0 Å². The molecule has 25 heavy (non-hydrogen) atoms. The Bertz CT molecular complexity index is 495. The van der Waals surface area contributed by atoms with Crippen LogP contribution in [0.2, 0.25) is 0 Å². The van der Waals surface area contributed by atoms with E-state index in [0.29, 0.717) is 38.4 Å². The van der Waals surface area contributed by atoms with Gasteiger partial charge in [-0.05, 0) is 43.9 Å². The molecule has 3 amide bonds. The van der Waals surface area contributed by atoms with E-state index >= 15 is 0 Å². The molecule has 2 aliphatic rings. The molecule has 1 unspecified atom stereocenters. The minimum Gasteiger partial charge on any atom is -0.480 e. The van der Waals surface area contributed by atoms with Crippen LogP contribution in [0.25, 0.3) is 0 Å². The van der Waals surface area contributed by atoms with Gasteiger partial charge >= 0.3 is 12.0 Å². The molecular formula is C18H31N3O4. The number of piperidine rings is 2. The number of nitrogens with one attached hydrogen (secondary N) is 1. The van der Waals surface area contributed by atoms with Crippen LogP contribution in [0.5, 0.6) is 0 Å². The van der Waals surface area contributed by atoms with Gasteiger partial charge in [0.2, 0.25) is 5.91 Å². The maximum absolute atomic E-state index is 12.6. The van der Waals surface area contributed by atoms with Gasteiger partial charge in [0.25, 0.3) is 0 Å². The first-order valence-corrected chi connectivity index (χ1v) is 9.43. The Hall–Kier alpha value is -1.79. The fourth-order valence-corrected chi connectivity index (χ4v) is 3.67. The molecule has 0 saturated carbocycles. The number of nitrogens with zero attached hydrogens (tertiary/aromatic N) is 2. The first kappa shape index (κ1) is 19.5. The van der Waals surface area contributed by atoms with Crippen LogP contribution in [-0.4, -0.2) is 65.0 Å². The maximum atomic E-state index is 12.6. The number of urea groups is 1. The molecule has 0 aliphatic carbocycles. The Morgan fingerprint density at radius 2 is 1.88 bits per heavy atom. The Kier molecular flexibility index (Phi) is 7.08. The molecule has 0 aromatic rings. The number of carboxylic acids is 1. The second-order valence-corrected chi connectivity index (χ2v) is 7.68. The number of carboxylic acid groups (broad SMARTS) is 1. The summed E-state index contributed by atoms with van der Waals surface area (Å²) in [5.41, 5.74) is 0. The van der Waals surface area contributed by atoms with Crippen molar-refractivity contribution in [3.63, 3.8) is 0 Å². The Balaban J connectivity index is 1.87. The molecule has 7 heteroatoms. The molecule has 142 valence electrons. The highest BCUT2D eigenvalue weighted by molar-refractivity contribution is 5.84. The van der Waals surface area contributed by atoms with Gasteiger partial charge in [0.1, 0.15) is 6.04 Å². The third-order valence-corrected chi connectivity index (χ3v) is 5.04. The summed E-state index contributed by atoms with van der Waals surface area (Å²) in [5, 5.41) is 12.3. The zero-order chi connectivity index (χ0) is 18.4. The van der Waals surface area contributed by atoms with Crippen LogP contribution >= 0.6 is 0 Å². The third kappa shape index (κ3) is 5.61. The standard InChI is InChI=1S/C18H31N3O4/c1-13(2)11-19-18(25)20-8-5-6-14(12-20)10-16(22)21-9-4-3-7-15(21)17(23)24/h13-15H,3-12H2,1-2H3,(H,19,25)(H,23,24)/t14?,15-/m1/s1. The van der Waals surface area contributed by atoms with E-state index in [9.17, 15) is 19.5 Å². The summed E-state index contributed by atoms with van der Waals surface area (Å²) in [6.07, 6.45) is 4.38. The zero-order valence-corrected chi connectivity index (χ0v) is 15.4. The minimum atomic E-state index is -0.911. The summed E-state index contributed by atoms with van der Waals surface area (Å²) in [5.74, 6) is -0.478. The monoisotopic (exact) mass is 353 g/mol. The molecule has 0 aromatic heterocycles. The highest BCUT2D eigenvalue weighted by Crippen LogP contribution is 2.24. The van der Waals surface area contributed by atoms with E-state index in [1.165, 1.54) is 4.90 Å². The lowest BCUT2D eigenvalue weighted by atomic mass is 9.93. The molecule has 2 aliphatic heterocycles. The van der Waals surface area contributed by atoms with E-state index in [-0.39, 0.29) is 17.9 Å². The van der Waals surface area contributed by atoms with Crippen LogP contribution in [-0.2, 0) is 9.59 Å². The number of carbonyl (C=O) groups is 3. The van der Waals surface area contributed by atoms with E-state index in [1.54, 1.807) is 4.90 Å². The van der Waals surface area contributed by atoms with Gasteiger partial charge in [-0.1, -0.05) is 13.8 Å². The number of likely N-dealkylation sites (tertiary alicyclic amines) is 2. The molecule has 2 fully saturated rings. The van der Waals surface area contributed by atoms with E-state index in [0.717, 1.165) is 32.2 Å². The van der Waals surface area contributed by atoms with Crippen molar-refractivity contribution in [2.45, 2.75) is 58.4 Å². The molecule has 2 saturated heterocycles. The summed E-state index contributed by atoms with van der Waals surface area (Å²) in [4.78, 5) is 39.5. The number of amides is 3. The molecule has 2 heterocycles. The van der Waals surface area contributed by atoms with Gasteiger partial charge in [0.05, 0.1) is 0 Å². The Morgan fingerprint density at radius 1 is 1.12 bits per heavy atom. The van der Waals surface area contributed by atoms with Crippen LogP contribution in [0.4, 0.5) is 4.79 Å². The van der Waals surface area contributed by atoms with E-state index < -0.39 is 12.0 Å². The zero-order valence-electron chi connectivity index (χ0n) is 15.4. The van der Waals surface area contributed by atoms with Gasteiger partial charge in [-0.25, -0.2) is 9.59 Å². The largest absolute Gasteiger partial charge is 0.480 e. The predicted molar refractivity (Wildman–Crippen MR) is 94.1 cm³/mol. The average molecular weight is 353 g/mol. The molecular weight excluding hydrogens is 322 g/mol. The lowest BCUT2D eigenvalue weighted by Crippen LogP contribution is -2.50. The van der Waals surface area contributed by atoms with Crippen molar-refractivity contribution in [3.05, 3.63) is 0 Å². The maximum Gasteiger partial charge on any atom is 0.326 e. The Labute approximate surface area is 149 Å². The average Bonchev–Trinajstić information content (AvgIpc) is 2.59. The molecule has 2 N–H and O–H groups in total. The number of aliphatic carboxylic acids is 1. The second kappa shape index (κ2) is 9.06. The lowest BCUT2D eigenvalue weighted by molar-refractivity contribution is -0.152. The topological polar surface area (TPSA) is 90.0 Å². The van der Waals surface area contributed by atoms with Crippen molar-refractivity contribution < 1.29 is 19.5 Å². The lowest BCUT2D eigenvalue weighted by Gasteiger charge is -2.36. The van der Waals surface area contributed by atoms with Crippen molar-refractivity contribution in [1.29, 1.82) is 0 Å². The minimum absolute atomic E-state index is 0.0627. The van der Waals surface area contributed by atoms with Gasteiger partial charge in [-0.2, -0.15) is 0 Å². The van der Waals surface area contributed by atoms with Crippen LogP contribution in [0.3, 0.4) is 0 Å². The van der Waals surface area contributed by atoms with Crippen molar-refractivity contribution in [3.8, 4) is 0 Å². The quantitative estimate of drug-likeness (QED) is 0.790. The van der Waals surface area contributed by atoms with E-state index in [4.69, 9.17) is 0 Å². The summed E-state index contributed by atoms with van der Waals surface area (Å²) < 4.78 is 0. The van der Waals surface area contributed by atoms with E-state index in [2.05, 4.69) is 19.2 Å². The third-order valence-electron chi connectivity index (χ3n) is 5.04. The fraction of sp³-hybridized carbons (Fsp3) is 0.833. The fourth-order valence-electron chi connectivity index (χ4n) is 3.67. The van der Waals surface area contributed by atoms with Gasteiger partial charge in [-0.15, -0.1) is 0 Å². The van der Waals surface area contributed by atoms with Gasteiger partial charge in [0, 0.05) is 32.6 Å². The molecule has 0 bridgehead atoms. The Morgan fingerprint density at radius 3 is 2.56 bits per heavy atom. The summed E-state index contributed by atoms with van der Waals surface area (Å²) in [6, 6.07) is -0.748. The number of hydrogen-bond acceptors (Lipinski definition) is 3. The van der Waals surface area contributed by atoms with E-state index in [1.807, 2.05) is 0 Å². The van der Waals surface area contributed by atoms with Gasteiger partial charge < -0.3 is 20.2 Å². The highest BCUT2D eigenvalue weighted by Gasteiger charge is 2.34. The van der Waals surface area contributed by atoms with Gasteiger partial charge in [-0.3, -0.25) is 4.79 Å². The van der Waals surface area contributed by atoms with Crippen molar-refractivity contribution in [1.82, 2.24) is 15.1 Å². The van der Waals surface area contributed by atoms with Crippen molar-refractivity contribution in [2.24, 2.45) is 11.8 Å². The molecule has 2 atom stereocenters. The first-order chi connectivity index (χ1) is 11.9. The number of rotatable bonds is 5. The molecule has 0 aromatic carbocycles. The molecule has 0 spiro atoms.